The third-order valence-corrected chi connectivity index (χ3v) is 21.9. The van der Waals surface area contributed by atoms with Crippen LogP contribution in [0.1, 0.15) is 26.3 Å². The highest BCUT2D eigenvalue weighted by Crippen LogP contribution is 2.49. The summed E-state index contributed by atoms with van der Waals surface area (Å²) in [5.41, 5.74) is 18.8. The SMILES string of the molecule is CC(C)(C)c1ccc(-c2cc(-c3cccc(-c4ccc([Si](C)(C)C)cc4)c3)c3ccc4c(-c5cccc(-c6ccc([Si](C)(C)C)cc6)c5)cc(-c5cccc(-c6ccc([Si](C)(C)C)cc6)c5)c5ccc2c3c54)cc1. The summed E-state index contributed by atoms with van der Waals surface area (Å²) in [7, 11) is -4.33. The number of rotatable bonds is 10. The van der Waals surface area contributed by atoms with Crippen LogP contribution in [0, 0.1) is 0 Å². The molecular weight excluding hydrogens is 937 g/mol. The minimum atomic E-state index is -1.44. The van der Waals surface area contributed by atoms with Gasteiger partial charge in [0.05, 0.1) is 24.2 Å². The van der Waals surface area contributed by atoms with Gasteiger partial charge in [0.1, 0.15) is 0 Å². The second-order valence-electron chi connectivity index (χ2n) is 25.1. The molecule has 0 saturated heterocycles. The third kappa shape index (κ3) is 9.36. The van der Waals surface area contributed by atoms with Crippen LogP contribution in [0.4, 0.5) is 0 Å². The van der Waals surface area contributed by atoms with E-state index in [0.29, 0.717) is 0 Å². The van der Waals surface area contributed by atoms with E-state index in [1.807, 2.05) is 0 Å². The Hall–Kier alpha value is -6.89. The molecule has 0 N–H and O–H groups in total. The lowest BCUT2D eigenvalue weighted by Crippen LogP contribution is -2.37. The van der Waals surface area contributed by atoms with Crippen molar-refractivity contribution in [2.45, 2.75) is 85.1 Å². The van der Waals surface area contributed by atoms with Gasteiger partial charge in [-0.1, -0.05) is 271 Å². The van der Waals surface area contributed by atoms with Crippen LogP contribution in [0.5, 0.6) is 0 Å². The van der Waals surface area contributed by atoms with Crippen molar-refractivity contribution in [2.24, 2.45) is 0 Å². The second kappa shape index (κ2) is 18.5. The summed E-state index contributed by atoms with van der Waals surface area (Å²) in [6.45, 7) is 28.7. The molecule has 0 saturated carbocycles. The molecule has 0 amide bonds. The van der Waals surface area contributed by atoms with Gasteiger partial charge in [0.15, 0.2) is 0 Å². The van der Waals surface area contributed by atoms with Gasteiger partial charge in [0, 0.05) is 0 Å². The smallest absolute Gasteiger partial charge is 0.0656 e. The van der Waals surface area contributed by atoms with Crippen LogP contribution >= 0.6 is 0 Å². The Bertz CT molecular complexity index is 3750. The fourth-order valence-corrected chi connectivity index (χ4v) is 14.7. The first-order chi connectivity index (χ1) is 35.2. The molecule has 0 spiro atoms. The minimum Gasteiger partial charge on any atom is -0.0656 e. The van der Waals surface area contributed by atoms with Gasteiger partial charge < -0.3 is 0 Å². The third-order valence-electron chi connectivity index (χ3n) is 15.7. The van der Waals surface area contributed by atoms with Crippen molar-refractivity contribution < 1.29 is 0 Å². The van der Waals surface area contributed by atoms with Gasteiger partial charge in [0.25, 0.3) is 0 Å². The normalized spacial score (nSPS) is 12.6. The Balaban J connectivity index is 1.18. The molecule has 3 heteroatoms. The number of benzene rings is 11. The Morgan fingerprint density at radius 3 is 0.770 bits per heavy atom. The van der Waals surface area contributed by atoms with E-state index < -0.39 is 24.2 Å². The van der Waals surface area contributed by atoms with Crippen LogP contribution < -0.4 is 15.6 Å². The molecule has 11 aromatic rings. The van der Waals surface area contributed by atoms with Gasteiger partial charge in [-0.3, -0.25) is 0 Å². The molecule has 11 aromatic carbocycles. The summed E-state index contributed by atoms with van der Waals surface area (Å²) in [4.78, 5) is 0. The first-order valence-electron chi connectivity index (χ1n) is 26.7. The van der Waals surface area contributed by atoms with Crippen molar-refractivity contribution in [3.8, 4) is 77.9 Å². The van der Waals surface area contributed by atoms with E-state index >= 15 is 0 Å². The summed E-state index contributed by atoms with van der Waals surface area (Å²) in [5.74, 6) is 0. The van der Waals surface area contributed by atoms with Crippen LogP contribution in [0.3, 0.4) is 0 Å². The molecule has 366 valence electrons. The van der Waals surface area contributed by atoms with Crippen molar-refractivity contribution in [3.05, 3.63) is 212 Å². The maximum Gasteiger partial charge on any atom is 0.0775 e. The zero-order chi connectivity index (χ0) is 51.9. The first kappa shape index (κ1) is 49.3. The summed E-state index contributed by atoms with van der Waals surface area (Å²) in [6, 6.07) is 80.0. The molecule has 0 atom stereocenters. The zero-order valence-corrected chi connectivity index (χ0v) is 48.6. The quantitative estimate of drug-likeness (QED) is 0.0946. The van der Waals surface area contributed by atoms with E-state index in [-0.39, 0.29) is 5.41 Å². The molecule has 74 heavy (non-hydrogen) atoms. The first-order valence-corrected chi connectivity index (χ1v) is 37.2. The average molecular weight is 1010 g/mol. The monoisotopic (exact) mass is 1010 g/mol. The topological polar surface area (TPSA) is 0 Å². The Labute approximate surface area is 444 Å². The summed E-state index contributed by atoms with van der Waals surface area (Å²) in [5, 5.41) is 12.2. The second-order valence-corrected chi connectivity index (χ2v) is 40.3. The van der Waals surface area contributed by atoms with E-state index in [0.717, 1.165) is 0 Å². The van der Waals surface area contributed by atoms with Gasteiger partial charge in [-0.15, -0.1) is 0 Å². The molecule has 0 heterocycles. The van der Waals surface area contributed by atoms with Crippen LogP contribution in [0.15, 0.2) is 206 Å². The van der Waals surface area contributed by atoms with Crippen LogP contribution in [-0.4, -0.2) is 24.2 Å². The van der Waals surface area contributed by atoms with Crippen molar-refractivity contribution in [2.75, 3.05) is 0 Å². The van der Waals surface area contributed by atoms with Gasteiger partial charge in [-0.05, 0) is 152 Å². The predicted octanol–water partition coefficient (Wildman–Crippen LogP) is 19.2. The average Bonchev–Trinajstić information content (AvgIpc) is 3.39. The maximum atomic E-state index is 2.49. The van der Waals surface area contributed by atoms with E-state index in [4.69, 9.17) is 0 Å². The van der Waals surface area contributed by atoms with E-state index in [9.17, 15) is 0 Å². The molecule has 0 radical (unpaired) electrons. The van der Waals surface area contributed by atoms with Crippen molar-refractivity contribution >= 4 is 72.1 Å². The summed E-state index contributed by atoms with van der Waals surface area (Å²) >= 11 is 0. The van der Waals surface area contributed by atoms with Crippen LogP contribution in [0.2, 0.25) is 58.9 Å². The Morgan fingerprint density at radius 2 is 0.500 bits per heavy atom. The highest BCUT2D eigenvalue weighted by molar-refractivity contribution is 6.89. The minimum absolute atomic E-state index is 0.0519. The van der Waals surface area contributed by atoms with E-state index in [2.05, 4.69) is 286 Å². The van der Waals surface area contributed by atoms with Gasteiger partial charge in [-0.25, -0.2) is 0 Å². The molecule has 0 nitrogen and oxygen atoms in total. The molecule has 11 rings (SSSR count). The van der Waals surface area contributed by atoms with Crippen LogP contribution in [0.25, 0.3) is 110 Å². The molecule has 0 aliphatic rings. The maximum absolute atomic E-state index is 2.49. The highest BCUT2D eigenvalue weighted by atomic mass is 28.3. The fraction of sp³-hybridized carbons (Fsp3) is 0.183. The van der Waals surface area contributed by atoms with Crippen molar-refractivity contribution in [1.82, 2.24) is 0 Å². The Morgan fingerprint density at radius 1 is 0.243 bits per heavy atom. The van der Waals surface area contributed by atoms with E-state index in [1.54, 1.807) is 0 Å². The van der Waals surface area contributed by atoms with Gasteiger partial charge >= 0.3 is 0 Å². The summed E-state index contributed by atoms with van der Waals surface area (Å²) in [6.07, 6.45) is 0. The largest absolute Gasteiger partial charge is 0.0775 e. The van der Waals surface area contributed by atoms with Gasteiger partial charge in [0.2, 0.25) is 0 Å². The lowest BCUT2D eigenvalue weighted by atomic mass is 9.81. The lowest BCUT2D eigenvalue weighted by molar-refractivity contribution is 0.590. The van der Waals surface area contributed by atoms with Crippen molar-refractivity contribution in [1.29, 1.82) is 0 Å². The van der Waals surface area contributed by atoms with Crippen molar-refractivity contribution in [3.63, 3.8) is 0 Å². The highest BCUT2D eigenvalue weighted by Gasteiger charge is 2.24. The number of hydrogen-bond donors (Lipinski definition) is 0. The fourth-order valence-electron chi connectivity index (χ4n) is 11.2. The lowest BCUT2D eigenvalue weighted by Gasteiger charge is -2.23. The molecule has 0 aliphatic heterocycles. The van der Waals surface area contributed by atoms with Gasteiger partial charge in [-0.2, -0.15) is 0 Å². The predicted molar refractivity (Wildman–Crippen MR) is 336 cm³/mol. The standard InChI is InChI=1S/C71H70Si3/c1-71(2,3)57-30-22-50(23-31-57)65-45-66(54-19-13-16-51(42-54)47-24-32-58(33-25-47)72(4,5)6)62-40-41-64-68(56-21-15-18-53(44-56)49-28-36-60(37-29-49)74(10,11)12)46-67(63-39-38-61(65)69(62)70(63)64)55-20-14-17-52(43-55)48-26-34-59(35-27-48)73(7,8)9/h13-46H,1-12H3. The molecule has 0 aromatic heterocycles. The molecule has 0 unspecified atom stereocenters. The Kier molecular flexibility index (Phi) is 12.3. The molecular formula is C71H70Si3. The summed E-state index contributed by atoms with van der Waals surface area (Å²) < 4.78 is 0. The molecule has 0 bridgehead atoms. The van der Waals surface area contributed by atoms with E-state index in [1.165, 1.54) is 131 Å². The number of hydrogen-bond acceptors (Lipinski definition) is 0. The van der Waals surface area contributed by atoms with Crippen LogP contribution in [-0.2, 0) is 5.41 Å². The zero-order valence-electron chi connectivity index (χ0n) is 45.6. The molecule has 0 aliphatic carbocycles. The molecule has 0 fully saturated rings.